The van der Waals surface area contributed by atoms with Crippen LogP contribution >= 0.6 is 11.3 Å². The Morgan fingerprint density at radius 3 is 2.45 bits per heavy atom. The molecule has 3 aromatic carbocycles. The average molecular weight is 526 g/mol. The van der Waals surface area contributed by atoms with Crippen molar-refractivity contribution in [1.82, 2.24) is 4.98 Å². The molecule has 0 aliphatic heterocycles. The van der Waals surface area contributed by atoms with E-state index in [0.29, 0.717) is 35.4 Å². The molecule has 1 aromatic heterocycles. The van der Waals surface area contributed by atoms with Gasteiger partial charge in [-0.3, -0.25) is 10.1 Å². The summed E-state index contributed by atoms with van der Waals surface area (Å²) in [7, 11) is 1.53. The fourth-order valence-electron chi connectivity index (χ4n) is 3.77. The van der Waals surface area contributed by atoms with E-state index in [0.717, 1.165) is 28.1 Å². The minimum absolute atomic E-state index is 0.0565. The molecular weight excluding hydrogens is 498 g/mol. The van der Waals surface area contributed by atoms with Gasteiger partial charge in [0.2, 0.25) is 0 Å². The first-order valence-electron chi connectivity index (χ1n) is 11.9. The van der Waals surface area contributed by atoms with Crippen molar-refractivity contribution in [3.05, 3.63) is 94.4 Å². The SMILES string of the molecule is COc1cc(C=C(C#N)C(=O)Nc2nc(-c3ccccc3)cs2)ccc1OCCOc1cc(C)cc(C)c1. The Labute approximate surface area is 226 Å². The standard InChI is InChI=1S/C30H27N3O4S/c1-20-13-21(2)15-25(14-20)36-11-12-37-27-10-9-22(17-28(27)35-3)16-24(18-31)29(34)33-30-32-26(19-38-30)23-7-5-4-6-8-23/h4-10,13-17,19H,11-12H2,1-3H3,(H,32,33,34). The normalized spacial score (nSPS) is 10.9. The Balaban J connectivity index is 1.38. The summed E-state index contributed by atoms with van der Waals surface area (Å²) in [5, 5.41) is 14.6. The summed E-state index contributed by atoms with van der Waals surface area (Å²) in [6.45, 7) is 4.75. The molecule has 0 radical (unpaired) electrons. The minimum Gasteiger partial charge on any atom is -0.493 e. The summed E-state index contributed by atoms with van der Waals surface area (Å²) >= 11 is 1.30. The molecule has 0 saturated heterocycles. The van der Waals surface area contributed by atoms with Crippen LogP contribution < -0.4 is 19.5 Å². The van der Waals surface area contributed by atoms with Crippen molar-refractivity contribution in [3.8, 4) is 34.6 Å². The molecule has 1 heterocycles. The Hall–Kier alpha value is -4.61. The highest BCUT2D eigenvalue weighted by Gasteiger charge is 2.14. The van der Waals surface area contributed by atoms with Crippen LogP contribution in [0.5, 0.6) is 17.2 Å². The number of hydrogen-bond acceptors (Lipinski definition) is 7. The van der Waals surface area contributed by atoms with Gasteiger partial charge in [-0.05, 0) is 60.9 Å². The van der Waals surface area contributed by atoms with Crippen molar-refractivity contribution in [2.75, 3.05) is 25.6 Å². The lowest BCUT2D eigenvalue weighted by molar-refractivity contribution is -0.112. The summed E-state index contributed by atoms with van der Waals surface area (Å²) in [5.74, 6) is 1.28. The van der Waals surface area contributed by atoms with Crippen molar-refractivity contribution in [3.63, 3.8) is 0 Å². The third-order valence-electron chi connectivity index (χ3n) is 5.46. The van der Waals surface area contributed by atoms with Gasteiger partial charge in [-0.15, -0.1) is 11.3 Å². The van der Waals surface area contributed by atoms with Gasteiger partial charge in [0.05, 0.1) is 12.8 Å². The van der Waals surface area contributed by atoms with Crippen molar-refractivity contribution >= 4 is 28.5 Å². The molecule has 1 N–H and O–H groups in total. The Kier molecular flexibility index (Phi) is 8.75. The summed E-state index contributed by atoms with van der Waals surface area (Å²) in [4.78, 5) is 17.2. The van der Waals surface area contributed by atoms with Gasteiger partial charge in [0.1, 0.15) is 30.6 Å². The van der Waals surface area contributed by atoms with E-state index in [-0.39, 0.29) is 5.57 Å². The van der Waals surface area contributed by atoms with E-state index in [1.807, 2.05) is 67.8 Å². The quantitative estimate of drug-likeness (QED) is 0.146. The first-order valence-corrected chi connectivity index (χ1v) is 12.8. The van der Waals surface area contributed by atoms with E-state index < -0.39 is 5.91 Å². The molecule has 1 amide bonds. The summed E-state index contributed by atoms with van der Waals surface area (Å²) in [6.07, 6.45) is 1.50. The number of carbonyl (C=O) groups excluding carboxylic acids is 1. The number of ether oxygens (including phenoxy) is 3. The minimum atomic E-state index is -0.538. The maximum atomic E-state index is 12.7. The van der Waals surface area contributed by atoms with Crippen LogP contribution in [0.1, 0.15) is 16.7 Å². The maximum absolute atomic E-state index is 12.7. The van der Waals surface area contributed by atoms with Crippen LogP contribution in [0.4, 0.5) is 5.13 Å². The van der Waals surface area contributed by atoms with Crippen molar-refractivity contribution in [2.45, 2.75) is 13.8 Å². The lowest BCUT2D eigenvalue weighted by Gasteiger charge is -2.13. The number of rotatable bonds is 10. The lowest BCUT2D eigenvalue weighted by Crippen LogP contribution is -2.13. The van der Waals surface area contributed by atoms with Crippen LogP contribution in [0.3, 0.4) is 0 Å². The number of nitrogens with zero attached hydrogens (tertiary/aromatic N) is 2. The average Bonchev–Trinajstić information content (AvgIpc) is 3.38. The predicted molar refractivity (Wildman–Crippen MR) is 150 cm³/mol. The Morgan fingerprint density at radius 1 is 1.00 bits per heavy atom. The molecule has 0 aliphatic rings. The predicted octanol–water partition coefficient (Wildman–Crippen LogP) is 6.44. The van der Waals surface area contributed by atoms with Gasteiger partial charge >= 0.3 is 0 Å². The fourth-order valence-corrected chi connectivity index (χ4v) is 4.49. The van der Waals surface area contributed by atoms with Crippen LogP contribution in [-0.4, -0.2) is 31.2 Å². The number of benzene rings is 3. The van der Waals surface area contributed by atoms with Gasteiger partial charge in [0.25, 0.3) is 5.91 Å². The lowest BCUT2D eigenvalue weighted by atomic mass is 10.1. The number of amides is 1. The number of nitriles is 1. The number of thiazole rings is 1. The third-order valence-corrected chi connectivity index (χ3v) is 6.22. The number of hydrogen-bond donors (Lipinski definition) is 1. The van der Waals surface area contributed by atoms with E-state index >= 15 is 0 Å². The van der Waals surface area contributed by atoms with E-state index in [1.165, 1.54) is 24.5 Å². The van der Waals surface area contributed by atoms with Gasteiger partial charge in [-0.25, -0.2) is 4.98 Å². The van der Waals surface area contributed by atoms with Gasteiger partial charge in [0, 0.05) is 10.9 Å². The van der Waals surface area contributed by atoms with Crippen LogP contribution in [0, 0.1) is 25.2 Å². The molecule has 4 aromatic rings. The van der Waals surface area contributed by atoms with Crippen LogP contribution in [-0.2, 0) is 4.79 Å². The van der Waals surface area contributed by atoms with E-state index in [4.69, 9.17) is 14.2 Å². The second kappa shape index (κ2) is 12.6. The molecule has 0 saturated carbocycles. The smallest absolute Gasteiger partial charge is 0.268 e. The van der Waals surface area contributed by atoms with Crippen molar-refractivity contribution in [2.24, 2.45) is 0 Å². The molecule has 0 fully saturated rings. The van der Waals surface area contributed by atoms with E-state index in [1.54, 1.807) is 18.2 Å². The number of nitrogens with one attached hydrogen (secondary N) is 1. The highest BCUT2D eigenvalue weighted by Crippen LogP contribution is 2.29. The second-order valence-corrected chi connectivity index (χ2v) is 9.32. The van der Waals surface area contributed by atoms with Crippen LogP contribution in [0.25, 0.3) is 17.3 Å². The molecule has 192 valence electrons. The van der Waals surface area contributed by atoms with Gasteiger partial charge in [0.15, 0.2) is 16.6 Å². The van der Waals surface area contributed by atoms with E-state index in [9.17, 15) is 10.1 Å². The number of methoxy groups -OCH3 is 1. The molecule has 38 heavy (non-hydrogen) atoms. The largest absolute Gasteiger partial charge is 0.493 e. The second-order valence-electron chi connectivity index (χ2n) is 8.46. The van der Waals surface area contributed by atoms with Crippen LogP contribution in [0.2, 0.25) is 0 Å². The maximum Gasteiger partial charge on any atom is 0.268 e. The molecular formula is C30H27N3O4S. The zero-order chi connectivity index (χ0) is 26.9. The first-order chi connectivity index (χ1) is 18.4. The molecule has 0 bridgehead atoms. The van der Waals surface area contributed by atoms with Gasteiger partial charge < -0.3 is 14.2 Å². The highest BCUT2D eigenvalue weighted by molar-refractivity contribution is 7.14. The Bertz CT molecular complexity index is 1470. The molecule has 4 rings (SSSR count). The molecule has 0 unspecified atom stereocenters. The van der Waals surface area contributed by atoms with Gasteiger partial charge in [-0.1, -0.05) is 42.5 Å². The number of carbonyl (C=O) groups is 1. The van der Waals surface area contributed by atoms with Crippen LogP contribution in [0.15, 0.2) is 77.7 Å². The topological polar surface area (TPSA) is 93.5 Å². The summed E-state index contributed by atoms with van der Waals surface area (Å²) in [6, 6.07) is 22.9. The zero-order valence-corrected chi connectivity index (χ0v) is 22.2. The summed E-state index contributed by atoms with van der Waals surface area (Å²) < 4.78 is 17.1. The monoisotopic (exact) mass is 525 g/mol. The number of anilines is 1. The van der Waals surface area contributed by atoms with Crippen molar-refractivity contribution < 1.29 is 19.0 Å². The number of aryl methyl sites for hydroxylation is 2. The molecule has 0 atom stereocenters. The first kappa shape index (κ1) is 26.5. The molecule has 0 spiro atoms. The van der Waals surface area contributed by atoms with E-state index in [2.05, 4.69) is 16.4 Å². The van der Waals surface area contributed by atoms with Crippen molar-refractivity contribution in [1.29, 1.82) is 5.26 Å². The number of aromatic nitrogens is 1. The fraction of sp³-hybridized carbons (Fsp3) is 0.167. The van der Waals surface area contributed by atoms with Gasteiger partial charge in [-0.2, -0.15) is 5.26 Å². The molecule has 7 nitrogen and oxygen atoms in total. The zero-order valence-electron chi connectivity index (χ0n) is 21.4. The Morgan fingerprint density at radius 2 is 1.74 bits per heavy atom. The summed E-state index contributed by atoms with van der Waals surface area (Å²) in [5.41, 5.74) is 4.55. The molecule has 0 aliphatic carbocycles. The third kappa shape index (κ3) is 6.99. The molecule has 8 heteroatoms. The highest BCUT2D eigenvalue weighted by atomic mass is 32.1.